The summed E-state index contributed by atoms with van der Waals surface area (Å²) in [7, 11) is 0. The van der Waals surface area contributed by atoms with E-state index in [0.717, 1.165) is 12.8 Å². The molecular weight excluding hydrogens is 152 g/mol. The second-order valence-electron chi connectivity index (χ2n) is 2.33. The maximum atomic E-state index is 10.7. The first kappa shape index (κ1) is 11.0. The minimum Gasteiger partial charge on any atom is -0.463 e. The average molecular weight is 168 g/mol. The minimum atomic E-state index is -0.279. The van der Waals surface area contributed by atoms with Gasteiger partial charge < -0.3 is 4.74 Å². The molecule has 0 bridgehead atoms. The van der Waals surface area contributed by atoms with Crippen molar-refractivity contribution in [1.82, 2.24) is 0 Å². The summed E-state index contributed by atoms with van der Waals surface area (Å²) in [6, 6.07) is 0. The highest BCUT2D eigenvalue weighted by molar-refractivity contribution is 5.82. The third-order valence-electron chi connectivity index (χ3n) is 1.22. The first-order chi connectivity index (χ1) is 5.81. The van der Waals surface area contributed by atoms with Crippen molar-refractivity contribution in [3.05, 3.63) is 24.3 Å². The predicted octanol–water partition coefficient (Wildman–Crippen LogP) is 2.46. The van der Waals surface area contributed by atoms with Gasteiger partial charge in [-0.1, -0.05) is 31.6 Å². The molecule has 2 heteroatoms. The van der Waals surface area contributed by atoms with Gasteiger partial charge in [0.05, 0.1) is 6.61 Å². The minimum absolute atomic E-state index is 0.279. The molecule has 0 N–H and O–H groups in total. The van der Waals surface area contributed by atoms with E-state index in [1.165, 1.54) is 6.08 Å². The van der Waals surface area contributed by atoms with Crippen molar-refractivity contribution in [2.24, 2.45) is 0 Å². The van der Waals surface area contributed by atoms with Crippen molar-refractivity contribution in [2.75, 3.05) is 6.61 Å². The lowest BCUT2D eigenvalue weighted by atomic mass is 10.3. The van der Waals surface area contributed by atoms with Gasteiger partial charge in [-0.05, 0) is 13.3 Å². The lowest BCUT2D eigenvalue weighted by Gasteiger charge is -1.92. The number of esters is 1. The maximum Gasteiger partial charge on any atom is 0.330 e. The first-order valence-electron chi connectivity index (χ1n) is 4.31. The molecular formula is C10H16O2. The van der Waals surface area contributed by atoms with Gasteiger partial charge in [-0.2, -0.15) is 0 Å². The Morgan fingerprint density at radius 3 is 2.67 bits per heavy atom. The van der Waals surface area contributed by atoms with Gasteiger partial charge in [0, 0.05) is 6.08 Å². The van der Waals surface area contributed by atoms with Crippen LogP contribution in [0.4, 0.5) is 0 Å². The lowest BCUT2D eigenvalue weighted by Crippen LogP contribution is -1.98. The molecule has 0 radical (unpaired) electrons. The number of rotatable bonds is 5. The van der Waals surface area contributed by atoms with Crippen LogP contribution in [0.25, 0.3) is 0 Å². The van der Waals surface area contributed by atoms with Gasteiger partial charge in [-0.3, -0.25) is 0 Å². The van der Waals surface area contributed by atoms with Crippen molar-refractivity contribution in [3.63, 3.8) is 0 Å². The summed E-state index contributed by atoms with van der Waals surface area (Å²) in [4.78, 5) is 10.7. The van der Waals surface area contributed by atoms with Gasteiger partial charge in [0.15, 0.2) is 0 Å². The Morgan fingerprint density at radius 2 is 2.08 bits per heavy atom. The fraction of sp³-hybridized carbons (Fsp3) is 0.500. The number of hydrogen-bond donors (Lipinski definition) is 0. The molecule has 0 amide bonds. The molecule has 0 unspecified atom stereocenters. The van der Waals surface area contributed by atoms with E-state index in [9.17, 15) is 4.79 Å². The molecule has 68 valence electrons. The summed E-state index contributed by atoms with van der Waals surface area (Å²) in [6.07, 6.45) is 9.19. The Kier molecular flexibility index (Phi) is 7.35. The third-order valence-corrected chi connectivity index (χ3v) is 1.22. The Morgan fingerprint density at radius 1 is 1.33 bits per heavy atom. The number of unbranched alkanes of at least 4 members (excludes halogenated alkanes) is 1. The summed E-state index contributed by atoms with van der Waals surface area (Å²) < 4.78 is 4.69. The topological polar surface area (TPSA) is 26.3 Å². The Balaban J connectivity index is 3.53. The van der Waals surface area contributed by atoms with E-state index >= 15 is 0 Å². The van der Waals surface area contributed by atoms with Crippen molar-refractivity contribution in [1.29, 1.82) is 0 Å². The highest BCUT2D eigenvalue weighted by atomic mass is 16.5. The van der Waals surface area contributed by atoms with E-state index < -0.39 is 0 Å². The zero-order chi connectivity index (χ0) is 9.23. The summed E-state index contributed by atoms with van der Waals surface area (Å²) in [5.41, 5.74) is 0. The van der Waals surface area contributed by atoms with E-state index in [-0.39, 0.29) is 5.97 Å². The number of ether oxygens (including phenoxy) is 1. The molecule has 0 atom stereocenters. The molecule has 0 rings (SSSR count). The molecule has 0 aromatic heterocycles. The molecule has 0 aromatic carbocycles. The van der Waals surface area contributed by atoms with Crippen LogP contribution in [0.1, 0.15) is 26.7 Å². The predicted molar refractivity (Wildman–Crippen MR) is 49.8 cm³/mol. The number of allylic oxidation sites excluding steroid dienone is 3. The van der Waals surface area contributed by atoms with Crippen molar-refractivity contribution in [2.45, 2.75) is 26.7 Å². The number of carbonyl (C=O) groups excluding carboxylic acids is 1. The average Bonchev–Trinajstić information content (AvgIpc) is 2.05. The molecule has 0 fully saturated rings. The standard InChI is InChI=1S/C10H16O2/c1-3-5-6-7-8-9-10(11)12-4-2/h6-9H,3-5H2,1-2H3/b7-6-,9-8+. The highest BCUT2D eigenvalue weighted by Crippen LogP contribution is 1.89. The van der Waals surface area contributed by atoms with Crippen LogP contribution < -0.4 is 0 Å². The summed E-state index contributed by atoms with van der Waals surface area (Å²) in [5, 5.41) is 0. The summed E-state index contributed by atoms with van der Waals surface area (Å²) in [6.45, 7) is 4.33. The summed E-state index contributed by atoms with van der Waals surface area (Å²) in [5.74, 6) is -0.279. The van der Waals surface area contributed by atoms with Crippen LogP contribution in [0.2, 0.25) is 0 Å². The van der Waals surface area contributed by atoms with Crippen LogP contribution >= 0.6 is 0 Å². The van der Waals surface area contributed by atoms with Gasteiger partial charge in [0.2, 0.25) is 0 Å². The van der Waals surface area contributed by atoms with Gasteiger partial charge >= 0.3 is 5.97 Å². The van der Waals surface area contributed by atoms with Crippen LogP contribution in [-0.2, 0) is 9.53 Å². The van der Waals surface area contributed by atoms with Crippen molar-refractivity contribution >= 4 is 5.97 Å². The number of hydrogen-bond acceptors (Lipinski definition) is 2. The molecule has 0 saturated carbocycles. The molecule has 0 aromatic rings. The van der Waals surface area contributed by atoms with Gasteiger partial charge in [-0.25, -0.2) is 4.79 Å². The Labute approximate surface area is 73.9 Å². The van der Waals surface area contributed by atoms with Gasteiger partial charge in [0.25, 0.3) is 0 Å². The van der Waals surface area contributed by atoms with E-state index in [1.54, 1.807) is 13.0 Å². The van der Waals surface area contributed by atoms with E-state index in [1.807, 2.05) is 12.2 Å². The molecule has 12 heavy (non-hydrogen) atoms. The van der Waals surface area contributed by atoms with Crippen LogP contribution in [0, 0.1) is 0 Å². The van der Waals surface area contributed by atoms with E-state index in [0.29, 0.717) is 6.61 Å². The van der Waals surface area contributed by atoms with E-state index in [4.69, 9.17) is 0 Å². The fourth-order valence-electron chi connectivity index (χ4n) is 0.666. The van der Waals surface area contributed by atoms with Crippen LogP contribution in [0.15, 0.2) is 24.3 Å². The van der Waals surface area contributed by atoms with Gasteiger partial charge in [-0.15, -0.1) is 0 Å². The SMILES string of the molecule is CCC/C=C\C=C\C(=O)OCC. The number of carbonyl (C=O) groups is 1. The molecule has 0 aliphatic rings. The second kappa shape index (κ2) is 8.05. The maximum absolute atomic E-state index is 10.7. The highest BCUT2D eigenvalue weighted by Gasteiger charge is 1.89. The lowest BCUT2D eigenvalue weighted by molar-refractivity contribution is -0.137. The monoisotopic (exact) mass is 168 g/mol. The largest absolute Gasteiger partial charge is 0.463 e. The van der Waals surface area contributed by atoms with Crippen molar-refractivity contribution in [3.8, 4) is 0 Å². The second-order valence-corrected chi connectivity index (χ2v) is 2.33. The zero-order valence-electron chi connectivity index (χ0n) is 7.75. The normalized spacial score (nSPS) is 11.2. The third kappa shape index (κ3) is 7.06. The molecule has 0 aliphatic heterocycles. The Hall–Kier alpha value is -1.05. The first-order valence-corrected chi connectivity index (χ1v) is 4.31. The molecule has 0 heterocycles. The van der Waals surface area contributed by atoms with E-state index in [2.05, 4.69) is 11.7 Å². The van der Waals surface area contributed by atoms with Crippen LogP contribution in [-0.4, -0.2) is 12.6 Å². The summed E-state index contributed by atoms with van der Waals surface area (Å²) >= 11 is 0. The molecule has 0 spiro atoms. The van der Waals surface area contributed by atoms with Crippen LogP contribution in [0.5, 0.6) is 0 Å². The molecule has 0 saturated heterocycles. The quantitative estimate of drug-likeness (QED) is 0.358. The molecule has 2 nitrogen and oxygen atoms in total. The van der Waals surface area contributed by atoms with Crippen LogP contribution in [0.3, 0.4) is 0 Å². The smallest absolute Gasteiger partial charge is 0.330 e. The van der Waals surface area contributed by atoms with Gasteiger partial charge in [0.1, 0.15) is 0 Å². The fourth-order valence-corrected chi connectivity index (χ4v) is 0.666. The molecule has 0 aliphatic carbocycles. The zero-order valence-corrected chi connectivity index (χ0v) is 7.75. The Bertz CT molecular complexity index is 169. The van der Waals surface area contributed by atoms with Crippen molar-refractivity contribution < 1.29 is 9.53 Å².